The molecule has 0 spiro atoms. The van der Waals surface area contributed by atoms with Gasteiger partial charge in [0.05, 0.1) is 5.75 Å². The topological polar surface area (TPSA) is 83.5 Å². The Labute approximate surface area is 170 Å². The number of nitrogens with one attached hydrogen (secondary N) is 1. The summed E-state index contributed by atoms with van der Waals surface area (Å²) in [5.74, 6) is -0.0607. The van der Waals surface area contributed by atoms with Crippen LogP contribution in [0.25, 0.3) is 0 Å². The summed E-state index contributed by atoms with van der Waals surface area (Å²) in [5, 5.41) is 2.64. The molecule has 158 valence electrons. The van der Waals surface area contributed by atoms with Crippen molar-refractivity contribution in [3.63, 3.8) is 0 Å². The normalized spacial score (nSPS) is 33.9. The van der Waals surface area contributed by atoms with Gasteiger partial charge in [-0.05, 0) is 55.3 Å². The van der Waals surface area contributed by atoms with Gasteiger partial charge in [-0.1, -0.05) is 56.7 Å². The molecule has 2 rings (SSSR count). The van der Waals surface area contributed by atoms with E-state index in [1.165, 1.54) is 0 Å². The molecule has 0 aromatic carbocycles. The molecule has 0 aromatic rings. The van der Waals surface area contributed by atoms with Crippen LogP contribution in [-0.4, -0.2) is 31.2 Å². The van der Waals surface area contributed by atoms with Gasteiger partial charge in [-0.3, -0.25) is 9.35 Å². The van der Waals surface area contributed by atoms with E-state index in [9.17, 15) is 13.2 Å². The van der Waals surface area contributed by atoms with Crippen LogP contribution in [0.3, 0.4) is 0 Å². The number of hydrogen-bond donors (Lipinski definition) is 2. The van der Waals surface area contributed by atoms with Crippen LogP contribution in [0, 0.1) is 22.7 Å². The monoisotopic (exact) mass is 409 g/mol. The highest BCUT2D eigenvalue weighted by molar-refractivity contribution is 7.85. The Kier molecular flexibility index (Phi) is 7.32. The molecule has 0 bridgehead atoms. The second-order valence-corrected chi connectivity index (χ2v) is 10.5. The van der Waals surface area contributed by atoms with Crippen molar-refractivity contribution >= 4 is 16.0 Å². The average Bonchev–Trinajstić information content (AvgIpc) is 2.57. The summed E-state index contributed by atoms with van der Waals surface area (Å²) in [5.41, 5.74) is 1.24. The van der Waals surface area contributed by atoms with Crippen molar-refractivity contribution < 1.29 is 17.8 Å². The molecule has 0 saturated heterocycles. The Hall–Kier alpha value is -1.40. The molecule has 0 unspecified atom stereocenters. The molecule has 6 heteroatoms. The van der Waals surface area contributed by atoms with Crippen molar-refractivity contribution in [3.05, 3.63) is 36.5 Å². The van der Waals surface area contributed by atoms with Crippen LogP contribution in [0.5, 0.6) is 0 Å². The Morgan fingerprint density at radius 2 is 2.04 bits per heavy atom. The molecular weight excluding hydrogens is 374 g/mol. The highest BCUT2D eigenvalue weighted by Crippen LogP contribution is 2.62. The summed E-state index contributed by atoms with van der Waals surface area (Å²) in [4.78, 5) is 12.5. The largest absolute Gasteiger partial charge is 0.355 e. The lowest BCUT2D eigenvalue weighted by Gasteiger charge is -2.58. The molecular formula is C22H35NO4S. The Morgan fingerprint density at radius 1 is 1.32 bits per heavy atom. The molecule has 0 radical (unpaired) electrons. The van der Waals surface area contributed by atoms with E-state index in [0.717, 1.165) is 37.7 Å². The number of allylic oxidation sites excluding steroid dienone is 5. The number of hydrogen-bond acceptors (Lipinski definition) is 3. The van der Waals surface area contributed by atoms with Crippen LogP contribution in [0.15, 0.2) is 36.5 Å². The second-order valence-electron chi connectivity index (χ2n) is 8.89. The van der Waals surface area contributed by atoms with Gasteiger partial charge >= 0.3 is 0 Å². The summed E-state index contributed by atoms with van der Waals surface area (Å²) in [6.45, 7) is 10.9. The van der Waals surface area contributed by atoms with Gasteiger partial charge in [0, 0.05) is 13.0 Å². The lowest BCUT2D eigenvalue weighted by Crippen LogP contribution is -2.50. The summed E-state index contributed by atoms with van der Waals surface area (Å²) in [6.07, 6.45) is 14.3. The van der Waals surface area contributed by atoms with Gasteiger partial charge in [0.15, 0.2) is 0 Å². The summed E-state index contributed by atoms with van der Waals surface area (Å²) in [6, 6.07) is 0. The highest BCUT2D eigenvalue weighted by atomic mass is 32.2. The third-order valence-electron chi connectivity index (χ3n) is 6.92. The lowest BCUT2D eigenvalue weighted by atomic mass is 9.46. The molecule has 5 nitrogen and oxygen atoms in total. The van der Waals surface area contributed by atoms with Gasteiger partial charge < -0.3 is 5.32 Å². The van der Waals surface area contributed by atoms with E-state index >= 15 is 0 Å². The third-order valence-corrected chi connectivity index (χ3v) is 7.64. The fourth-order valence-electron chi connectivity index (χ4n) is 5.54. The first-order valence-electron chi connectivity index (χ1n) is 10.2. The highest BCUT2D eigenvalue weighted by Gasteiger charge is 2.53. The number of fused-ring (bicyclic) bond motifs is 1. The number of carbonyl (C=O) groups excluding carboxylic acids is 1. The van der Waals surface area contributed by atoms with E-state index in [1.54, 1.807) is 0 Å². The first kappa shape index (κ1) is 22.9. The summed E-state index contributed by atoms with van der Waals surface area (Å²) < 4.78 is 30.5. The lowest BCUT2D eigenvalue weighted by molar-refractivity contribution is -0.124. The maximum atomic E-state index is 12.5. The van der Waals surface area contributed by atoms with Crippen LogP contribution in [0.4, 0.5) is 0 Å². The standard InChI is InChI=1S/C22H35NO4S/c1-5-6-7-11-21(3)12-8-13-22(4)18(17(2)9-10-19(21)22)16-20(24)23-14-15-28(25,26)27/h5-7,11,18-19H,2,8-10,12-16H2,1,3-4H3,(H,23,24)(H,25,26,27)/b6-5+,11-7+/t18-,19-,21+,22+/m0/s1. The molecule has 1 amide bonds. The van der Waals surface area contributed by atoms with E-state index in [2.05, 4.69) is 44.0 Å². The zero-order valence-corrected chi connectivity index (χ0v) is 18.2. The van der Waals surface area contributed by atoms with E-state index < -0.39 is 15.9 Å². The minimum absolute atomic E-state index is 0.00297. The fourth-order valence-corrected chi connectivity index (χ4v) is 5.90. The molecule has 0 aromatic heterocycles. The molecule has 2 fully saturated rings. The first-order chi connectivity index (χ1) is 13.0. The molecule has 0 heterocycles. The minimum atomic E-state index is -4.07. The van der Waals surface area contributed by atoms with Crippen LogP contribution in [0.2, 0.25) is 0 Å². The van der Waals surface area contributed by atoms with Crippen molar-refractivity contribution in [1.82, 2.24) is 5.32 Å². The third kappa shape index (κ3) is 5.35. The van der Waals surface area contributed by atoms with Crippen molar-refractivity contribution in [2.45, 2.75) is 59.3 Å². The quantitative estimate of drug-likeness (QED) is 0.373. The molecule has 2 aliphatic rings. The van der Waals surface area contributed by atoms with Gasteiger partial charge in [-0.2, -0.15) is 8.42 Å². The van der Waals surface area contributed by atoms with Gasteiger partial charge in [0.25, 0.3) is 10.1 Å². The number of rotatable bonds is 7. The minimum Gasteiger partial charge on any atom is -0.355 e. The predicted octanol–water partition coefficient (Wildman–Crippen LogP) is 4.29. The molecule has 28 heavy (non-hydrogen) atoms. The zero-order valence-electron chi connectivity index (χ0n) is 17.4. The van der Waals surface area contributed by atoms with Crippen molar-refractivity contribution in [3.8, 4) is 0 Å². The van der Waals surface area contributed by atoms with Crippen LogP contribution < -0.4 is 5.32 Å². The molecule has 0 aliphatic heterocycles. The molecule has 4 atom stereocenters. The van der Waals surface area contributed by atoms with Crippen LogP contribution in [-0.2, 0) is 14.9 Å². The van der Waals surface area contributed by atoms with Crippen molar-refractivity contribution in [2.24, 2.45) is 22.7 Å². The molecule has 2 N–H and O–H groups in total. The van der Waals surface area contributed by atoms with Gasteiger partial charge in [-0.15, -0.1) is 0 Å². The molecule has 2 saturated carbocycles. The smallest absolute Gasteiger partial charge is 0.266 e. The zero-order chi connectivity index (χ0) is 21.0. The molecule has 2 aliphatic carbocycles. The second kappa shape index (κ2) is 8.95. The summed E-state index contributed by atoms with van der Waals surface area (Å²) >= 11 is 0. The van der Waals surface area contributed by atoms with Crippen LogP contribution >= 0.6 is 0 Å². The first-order valence-corrected chi connectivity index (χ1v) is 11.8. The van der Waals surface area contributed by atoms with E-state index in [4.69, 9.17) is 4.55 Å². The maximum absolute atomic E-state index is 12.5. The Bertz CT molecular complexity index is 754. The SMILES string of the molecule is C=C1CC[C@@H]2[C@](C)(CCC[C@@]2(C)/C=C/C=C/C)[C@H]1CC(=O)NCCS(=O)(=O)O. The van der Waals surface area contributed by atoms with Crippen molar-refractivity contribution in [2.75, 3.05) is 12.3 Å². The summed E-state index contributed by atoms with van der Waals surface area (Å²) in [7, 11) is -4.07. The average molecular weight is 410 g/mol. The predicted molar refractivity (Wildman–Crippen MR) is 113 cm³/mol. The van der Waals surface area contributed by atoms with Crippen molar-refractivity contribution in [1.29, 1.82) is 0 Å². The van der Waals surface area contributed by atoms with Crippen LogP contribution in [0.1, 0.15) is 59.3 Å². The van der Waals surface area contributed by atoms with Gasteiger partial charge in [0.1, 0.15) is 0 Å². The maximum Gasteiger partial charge on any atom is 0.266 e. The van der Waals surface area contributed by atoms with Gasteiger partial charge in [0.2, 0.25) is 5.91 Å². The fraction of sp³-hybridized carbons (Fsp3) is 0.682. The number of amides is 1. The Morgan fingerprint density at radius 3 is 2.68 bits per heavy atom. The Balaban J connectivity index is 2.16. The van der Waals surface area contributed by atoms with E-state index in [1.807, 2.05) is 13.0 Å². The van der Waals surface area contributed by atoms with E-state index in [-0.39, 0.29) is 29.2 Å². The number of carbonyl (C=O) groups is 1. The van der Waals surface area contributed by atoms with E-state index in [0.29, 0.717) is 12.3 Å². The van der Waals surface area contributed by atoms with Gasteiger partial charge in [-0.25, -0.2) is 0 Å².